The van der Waals surface area contributed by atoms with E-state index in [9.17, 15) is 0 Å². The first kappa shape index (κ1) is 22.3. The highest BCUT2D eigenvalue weighted by atomic mass is 16.5. The third-order valence-corrected chi connectivity index (χ3v) is 7.08. The summed E-state index contributed by atoms with van der Waals surface area (Å²) in [6.45, 7) is 0. The number of benzene rings is 4. The van der Waals surface area contributed by atoms with E-state index in [1.165, 1.54) is 0 Å². The second-order valence-electron chi connectivity index (χ2n) is 9.28. The molecule has 0 amide bonds. The minimum atomic E-state index is -0.103. The van der Waals surface area contributed by atoms with E-state index in [0.29, 0.717) is 29.6 Å². The van der Waals surface area contributed by atoms with Gasteiger partial charge in [0, 0.05) is 23.3 Å². The van der Waals surface area contributed by atoms with E-state index in [0.717, 1.165) is 44.4 Å². The summed E-state index contributed by atoms with van der Waals surface area (Å²) in [6.07, 6.45) is 2.21. The van der Waals surface area contributed by atoms with E-state index in [1.54, 1.807) is 25.1 Å². The highest BCUT2D eigenvalue weighted by Crippen LogP contribution is 2.50. The minimum Gasteiger partial charge on any atom is -0.493 e. The van der Waals surface area contributed by atoms with Gasteiger partial charge in [-0.05, 0) is 28.6 Å². The maximum Gasteiger partial charge on any atom is 0.228 e. The Hall–Kier alpha value is -4.91. The maximum atomic E-state index is 6.51. The molecular weight excluding hydrogens is 476 g/mol. The molecular formula is C31H24N4O3. The molecule has 0 spiro atoms. The summed E-state index contributed by atoms with van der Waals surface area (Å²) in [6, 6.07) is 28.9. The fourth-order valence-electron chi connectivity index (χ4n) is 5.33. The quantitative estimate of drug-likeness (QED) is 0.281. The van der Waals surface area contributed by atoms with Crippen molar-refractivity contribution in [2.45, 2.75) is 12.3 Å². The predicted octanol–water partition coefficient (Wildman–Crippen LogP) is 6.17. The molecule has 1 unspecified atom stereocenters. The molecule has 0 saturated carbocycles. The Morgan fingerprint density at radius 1 is 0.868 bits per heavy atom. The van der Waals surface area contributed by atoms with Gasteiger partial charge in [-0.15, -0.1) is 5.10 Å². The largest absolute Gasteiger partial charge is 0.493 e. The lowest BCUT2D eigenvalue weighted by molar-refractivity contribution is 0.354. The topological polar surface area (TPSA) is 70.8 Å². The number of aromatic nitrogens is 4. The third kappa shape index (κ3) is 3.55. The van der Waals surface area contributed by atoms with E-state index < -0.39 is 0 Å². The Morgan fingerprint density at radius 3 is 2.53 bits per heavy atom. The summed E-state index contributed by atoms with van der Waals surface area (Å²) >= 11 is 0. The van der Waals surface area contributed by atoms with Gasteiger partial charge in [0.1, 0.15) is 12.1 Å². The first-order valence-electron chi connectivity index (χ1n) is 12.4. The van der Waals surface area contributed by atoms with Crippen LogP contribution in [0.15, 0.2) is 91.3 Å². The molecule has 0 N–H and O–H groups in total. The zero-order valence-electron chi connectivity index (χ0n) is 21.0. The summed E-state index contributed by atoms with van der Waals surface area (Å²) < 4.78 is 19.1. The SMILES string of the molecule is COc1ccc(Cc2nc3c4c(ncn3n2)Oc2c(ccc3ccccc23)C4c2ccccc2)cc1OC. The van der Waals surface area contributed by atoms with Gasteiger partial charge in [0.25, 0.3) is 0 Å². The van der Waals surface area contributed by atoms with Gasteiger partial charge in [0.05, 0.1) is 19.8 Å². The zero-order chi connectivity index (χ0) is 25.6. The van der Waals surface area contributed by atoms with Gasteiger partial charge in [-0.2, -0.15) is 0 Å². The van der Waals surface area contributed by atoms with E-state index in [-0.39, 0.29) is 5.92 Å². The number of fused-ring (bicyclic) bond motifs is 6. The molecule has 4 aromatic carbocycles. The molecule has 0 aliphatic carbocycles. The molecule has 6 aromatic rings. The lowest BCUT2D eigenvalue weighted by Gasteiger charge is -2.28. The Bertz CT molecular complexity index is 1810. The van der Waals surface area contributed by atoms with Crippen LogP contribution in [0.4, 0.5) is 0 Å². The molecule has 1 aliphatic rings. The van der Waals surface area contributed by atoms with Crippen LogP contribution in [0.2, 0.25) is 0 Å². The fourth-order valence-corrected chi connectivity index (χ4v) is 5.33. The molecule has 1 aliphatic heterocycles. The number of hydrogen-bond acceptors (Lipinski definition) is 6. The lowest BCUT2D eigenvalue weighted by atomic mass is 9.83. The summed E-state index contributed by atoms with van der Waals surface area (Å²) in [4.78, 5) is 9.69. The second-order valence-corrected chi connectivity index (χ2v) is 9.28. The Morgan fingerprint density at radius 2 is 1.68 bits per heavy atom. The second kappa shape index (κ2) is 8.88. The van der Waals surface area contributed by atoms with Crippen molar-refractivity contribution in [3.63, 3.8) is 0 Å². The van der Waals surface area contributed by atoms with Crippen LogP contribution in [0.3, 0.4) is 0 Å². The monoisotopic (exact) mass is 500 g/mol. The van der Waals surface area contributed by atoms with Gasteiger partial charge in [-0.1, -0.05) is 72.8 Å². The number of nitrogens with zero attached hydrogens (tertiary/aromatic N) is 4. The Labute approximate surface area is 219 Å². The lowest BCUT2D eigenvalue weighted by Crippen LogP contribution is -2.15. The molecule has 0 bridgehead atoms. The fraction of sp³-hybridized carbons (Fsp3) is 0.129. The van der Waals surface area contributed by atoms with Crippen molar-refractivity contribution in [2.24, 2.45) is 0 Å². The summed E-state index contributed by atoms with van der Waals surface area (Å²) in [5, 5.41) is 6.95. The van der Waals surface area contributed by atoms with Gasteiger partial charge in [0.2, 0.25) is 5.88 Å². The van der Waals surface area contributed by atoms with Gasteiger partial charge < -0.3 is 14.2 Å². The molecule has 1 atom stereocenters. The Kier molecular flexibility index (Phi) is 5.21. The Balaban J connectivity index is 1.39. The number of ether oxygens (including phenoxy) is 3. The predicted molar refractivity (Wildman–Crippen MR) is 145 cm³/mol. The van der Waals surface area contributed by atoms with Crippen molar-refractivity contribution >= 4 is 16.4 Å². The van der Waals surface area contributed by atoms with Crippen LogP contribution in [0.5, 0.6) is 23.1 Å². The van der Waals surface area contributed by atoms with Crippen LogP contribution in [-0.4, -0.2) is 33.8 Å². The summed E-state index contributed by atoms with van der Waals surface area (Å²) in [5.41, 5.74) is 4.90. The molecule has 0 saturated heterocycles. The average Bonchev–Trinajstić information content (AvgIpc) is 3.39. The van der Waals surface area contributed by atoms with Crippen molar-refractivity contribution in [3.8, 4) is 23.1 Å². The first-order chi connectivity index (χ1) is 18.7. The number of hydrogen-bond donors (Lipinski definition) is 0. The van der Waals surface area contributed by atoms with Crippen molar-refractivity contribution in [1.82, 2.24) is 19.6 Å². The molecule has 3 heterocycles. The van der Waals surface area contributed by atoms with Crippen LogP contribution in [0.1, 0.15) is 34.0 Å². The van der Waals surface area contributed by atoms with Crippen molar-refractivity contribution in [1.29, 1.82) is 0 Å². The normalized spacial score (nSPS) is 14.1. The smallest absolute Gasteiger partial charge is 0.228 e. The van der Waals surface area contributed by atoms with Gasteiger partial charge in [-0.3, -0.25) is 0 Å². The van der Waals surface area contributed by atoms with Crippen molar-refractivity contribution in [2.75, 3.05) is 14.2 Å². The van der Waals surface area contributed by atoms with Crippen LogP contribution < -0.4 is 14.2 Å². The van der Waals surface area contributed by atoms with Gasteiger partial charge in [-0.25, -0.2) is 14.5 Å². The maximum absolute atomic E-state index is 6.51. The molecule has 7 rings (SSSR count). The van der Waals surface area contributed by atoms with Crippen molar-refractivity contribution in [3.05, 3.63) is 119 Å². The van der Waals surface area contributed by atoms with E-state index in [1.807, 2.05) is 36.4 Å². The molecule has 186 valence electrons. The van der Waals surface area contributed by atoms with E-state index in [2.05, 4.69) is 48.5 Å². The number of methoxy groups -OCH3 is 2. The highest BCUT2D eigenvalue weighted by molar-refractivity contribution is 5.91. The summed E-state index contributed by atoms with van der Waals surface area (Å²) in [5.74, 6) is 3.34. The first-order valence-corrected chi connectivity index (χ1v) is 12.4. The highest BCUT2D eigenvalue weighted by Gasteiger charge is 2.34. The van der Waals surface area contributed by atoms with Crippen molar-refractivity contribution < 1.29 is 14.2 Å². The van der Waals surface area contributed by atoms with Crippen LogP contribution >= 0.6 is 0 Å². The molecule has 0 radical (unpaired) electrons. The summed E-state index contributed by atoms with van der Waals surface area (Å²) in [7, 11) is 3.26. The standard InChI is InChI=1S/C31H24N4O3/c1-36-24-15-12-19(16-25(24)37-2)17-26-33-30-28-27(21-9-4-3-5-10-21)23-14-13-20-8-6-7-11-22(20)29(23)38-31(28)32-18-35(30)34-26/h3-16,18,27H,17H2,1-2H3. The van der Waals surface area contributed by atoms with Crippen LogP contribution in [0, 0.1) is 0 Å². The zero-order valence-corrected chi connectivity index (χ0v) is 21.0. The molecule has 7 nitrogen and oxygen atoms in total. The number of rotatable bonds is 5. The average molecular weight is 501 g/mol. The molecule has 38 heavy (non-hydrogen) atoms. The van der Waals surface area contributed by atoms with Crippen LogP contribution in [0.25, 0.3) is 16.4 Å². The molecule has 7 heteroatoms. The third-order valence-electron chi connectivity index (χ3n) is 7.08. The van der Waals surface area contributed by atoms with Gasteiger partial charge in [0.15, 0.2) is 23.0 Å². The molecule has 2 aromatic heterocycles. The van der Waals surface area contributed by atoms with Crippen LogP contribution in [-0.2, 0) is 6.42 Å². The minimum absolute atomic E-state index is 0.103. The molecule has 0 fully saturated rings. The van der Waals surface area contributed by atoms with Gasteiger partial charge >= 0.3 is 0 Å². The van der Waals surface area contributed by atoms with E-state index >= 15 is 0 Å². The van der Waals surface area contributed by atoms with E-state index in [4.69, 9.17) is 29.3 Å².